The first-order valence-electron chi connectivity index (χ1n) is 7.37. The molecule has 0 amide bonds. The van der Waals surface area contributed by atoms with Gasteiger partial charge in [-0.15, -0.1) is 0 Å². The first-order chi connectivity index (χ1) is 9.88. The SMILES string of the molecule is CC(C)CCN1CCN(c2ncccc2C(F)(F)F)CC1. The summed E-state index contributed by atoms with van der Waals surface area (Å²) in [6.45, 7) is 8.15. The summed E-state index contributed by atoms with van der Waals surface area (Å²) in [6.07, 6.45) is -1.80. The van der Waals surface area contributed by atoms with Gasteiger partial charge in [-0.2, -0.15) is 13.2 Å². The number of piperazine rings is 1. The van der Waals surface area contributed by atoms with E-state index in [9.17, 15) is 13.2 Å². The molecule has 0 saturated carbocycles. The number of halogens is 3. The maximum Gasteiger partial charge on any atom is 0.419 e. The van der Waals surface area contributed by atoms with Gasteiger partial charge in [-0.05, 0) is 31.0 Å². The predicted octanol–water partition coefficient (Wildman–Crippen LogP) is 3.27. The van der Waals surface area contributed by atoms with Crippen molar-refractivity contribution in [1.82, 2.24) is 9.88 Å². The van der Waals surface area contributed by atoms with Crippen molar-refractivity contribution in [2.24, 2.45) is 5.92 Å². The molecule has 118 valence electrons. The molecule has 0 N–H and O–H groups in total. The van der Waals surface area contributed by atoms with E-state index in [1.807, 2.05) is 0 Å². The Labute approximate surface area is 123 Å². The van der Waals surface area contributed by atoms with Crippen LogP contribution in [0.25, 0.3) is 0 Å². The van der Waals surface area contributed by atoms with Crippen molar-refractivity contribution >= 4 is 5.82 Å². The van der Waals surface area contributed by atoms with Crippen LogP contribution in [0.5, 0.6) is 0 Å². The van der Waals surface area contributed by atoms with E-state index in [4.69, 9.17) is 0 Å². The molecule has 0 bridgehead atoms. The van der Waals surface area contributed by atoms with Crippen molar-refractivity contribution < 1.29 is 13.2 Å². The number of anilines is 1. The molecule has 1 aromatic heterocycles. The van der Waals surface area contributed by atoms with Crippen LogP contribution in [-0.4, -0.2) is 42.6 Å². The molecular formula is C15H22F3N3. The van der Waals surface area contributed by atoms with Crippen LogP contribution in [0.1, 0.15) is 25.8 Å². The van der Waals surface area contributed by atoms with E-state index in [1.165, 1.54) is 12.3 Å². The van der Waals surface area contributed by atoms with Crippen LogP contribution >= 0.6 is 0 Å². The van der Waals surface area contributed by atoms with Gasteiger partial charge in [0.2, 0.25) is 0 Å². The molecule has 0 aliphatic carbocycles. The lowest BCUT2D eigenvalue weighted by molar-refractivity contribution is -0.137. The van der Waals surface area contributed by atoms with Gasteiger partial charge in [0.25, 0.3) is 0 Å². The fraction of sp³-hybridized carbons (Fsp3) is 0.667. The third-order valence-electron chi connectivity index (χ3n) is 3.79. The van der Waals surface area contributed by atoms with E-state index in [0.717, 1.165) is 32.1 Å². The molecule has 0 aromatic carbocycles. The standard InChI is InChI=1S/C15H22F3N3/c1-12(2)5-7-20-8-10-21(11-9-20)14-13(15(16,17)18)4-3-6-19-14/h3-4,6,12H,5,7-11H2,1-2H3. The number of hydrogen-bond donors (Lipinski definition) is 0. The lowest BCUT2D eigenvalue weighted by Crippen LogP contribution is -2.47. The minimum Gasteiger partial charge on any atom is -0.354 e. The molecule has 1 fully saturated rings. The van der Waals surface area contributed by atoms with Crippen molar-refractivity contribution in [3.63, 3.8) is 0 Å². The quantitative estimate of drug-likeness (QED) is 0.851. The Balaban J connectivity index is 2.00. The molecule has 1 saturated heterocycles. The van der Waals surface area contributed by atoms with E-state index in [0.29, 0.717) is 19.0 Å². The number of aromatic nitrogens is 1. The average molecular weight is 301 g/mol. The fourth-order valence-electron chi connectivity index (χ4n) is 2.49. The third-order valence-corrected chi connectivity index (χ3v) is 3.79. The Bertz CT molecular complexity index is 452. The summed E-state index contributed by atoms with van der Waals surface area (Å²) in [5.41, 5.74) is -0.638. The summed E-state index contributed by atoms with van der Waals surface area (Å²) in [6, 6.07) is 2.44. The van der Waals surface area contributed by atoms with Gasteiger partial charge in [-0.25, -0.2) is 4.98 Å². The highest BCUT2D eigenvalue weighted by Crippen LogP contribution is 2.35. The van der Waals surface area contributed by atoms with Gasteiger partial charge in [-0.1, -0.05) is 13.8 Å². The van der Waals surface area contributed by atoms with Crippen molar-refractivity contribution in [2.75, 3.05) is 37.6 Å². The number of alkyl halides is 3. The van der Waals surface area contributed by atoms with Gasteiger partial charge >= 0.3 is 6.18 Å². The first kappa shape index (κ1) is 16.1. The minimum atomic E-state index is -4.35. The van der Waals surface area contributed by atoms with Crippen molar-refractivity contribution in [1.29, 1.82) is 0 Å². The second-order valence-corrected chi connectivity index (χ2v) is 5.88. The zero-order valence-electron chi connectivity index (χ0n) is 12.5. The molecule has 0 spiro atoms. The molecular weight excluding hydrogens is 279 g/mol. The van der Waals surface area contributed by atoms with Crippen LogP contribution in [-0.2, 0) is 6.18 Å². The van der Waals surface area contributed by atoms with Gasteiger partial charge in [0, 0.05) is 32.4 Å². The smallest absolute Gasteiger partial charge is 0.354 e. The molecule has 21 heavy (non-hydrogen) atoms. The Morgan fingerprint density at radius 2 is 1.86 bits per heavy atom. The van der Waals surface area contributed by atoms with E-state index in [2.05, 4.69) is 23.7 Å². The summed E-state index contributed by atoms with van der Waals surface area (Å²) < 4.78 is 39.0. The van der Waals surface area contributed by atoms with Crippen LogP contribution in [0.3, 0.4) is 0 Å². The van der Waals surface area contributed by atoms with Gasteiger partial charge in [0.1, 0.15) is 5.82 Å². The van der Waals surface area contributed by atoms with E-state index in [1.54, 1.807) is 4.90 Å². The van der Waals surface area contributed by atoms with Gasteiger partial charge in [0.05, 0.1) is 5.56 Å². The van der Waals surface area contributed by atoms with Crippen LogP contribution < -0.4 is 4.90 Å². The zero-order chi connectivity index (χ0) is 15.5. The lowest BCUT2D eigenvalue weighted by Gasteiger charge is -2.36. The van der Waals surface area contributed by atoms with Crippen LogP contribution in [0.15, 0.2) is 18.3 Å². The zero-order valence-corrected chi connectivity index (χ0v) is 12.5. The number of hydrogen-bond acceptors (Lipinski definition) is 3. The van der Waals surface area contributed by atoms with Crippen molar-refractivity contribution in [2.45, 2.75) is 26.4 Å². The molecule has 1 aliphatic rings. The molecule has 2 heterocycles. The molecule has 2 rings (SSSR count). The molecule has 0 atom stereocenters. The Morgan fingerprint density at radius 1 is 1.19 bits per heavy atom. The lowest BCUT2D eigenvalue weighted by atomic mass is 10.1. The fourth-order valence-corrected chi connectivity index (χ4v) is 2.49. The monoisotopic (exact) mass is 301 g/mol. The van der Waals surface area contributed by atoms with Crippen molar-refractivity contribution in [3.05, 3.63) is 23.9 Å². The maximum absolute atomic E-state index is 13.0. The second-order valence-electron chi connectivity index (χ2n) is 5.88. The van der Waals surface area contributed by atoms with Crippen LogP contribution in [0.2, 0.25) is 0 Å². The molecule has 1 aromatic rings. The third kappa shape index (κ3) is 4.33. The Hall–Kier alpha value is -1.30. The highest BCUT2D eigenvalue weighted by atomic mass is 19.4. The summed E-state index contributed by atoms with van der Waals surface area (Å²) in [7, 11) is 0. The number of nitrogens with zero attached hydrogens (tertiary/aromatic N) is 3. The predicted molar refractivity (Wildman–Crippen MR) is 77.3 cm³/mol. The normalized spacial score (nSPS) is 17.5. The van der Waals surface area contributed by atoms with Crippen molar-refractivity contribution in [3.8, 4) is 0 Å². The molecule has 6 heteroatoms. The Morgan fingerprint density at radius 3 is 2.43 bits per heavy atom. The van der Waals surface area contributed by atoms with Gasteiger partial charge in [-0.3, -0.25) is 4.90 Å². The number of pyridine rings is 1. The minimum absolute atomic E-state index is 0.0634. The summed E-state index contributed by atoms with van der Waals surface area (Å²) >= 11 is 0. The van der Waals surface area contributed by atoms with Gasteiger partial charge < -0.3 is 4.90 Å². The summed E-state index contributed by atoms with van der Waals surface area (Å²) in [5, 5.41) is 0. The summed E-state index contributed by atoms with van der Waals surface area (Å²) in [5.74, 6) is 0.712. The van der Waals surface area contributed by atoms with E-state index < -0.39 is 11.7 Å². The average Bonchev–Trinajstić information content (AvgIpc) is 2.45. The molecule has 1 aliphatic heterocycles. The van der Waals surface area contributed by atoms with E-state index >= 15 is 0 Å². The topological polar surface area (TPSA) is 19.4 Å². The van der Waals surface area contributed by atoms with E-state index in [-0.39, 0.29) is 5.82 Å². The highest BCUT2D eigenvalue weighted by molar-refractivity contribution is 5.48. The second kappa shape index (κ2) is 6.64. The molecule has 3 nitrogen and oxygen atoms in total. The summed E-state index contributed by atoms with van der Waals surface area (Å²) in [4.78, 5) is 8.01. The Kier molecular flexibility index (Phi) is 5.08. The molecule has 0 radical (unpaired) electrons. The van der Waals surface area contributed by atoms with Crippen LogP contribution in [0, 0.1) is 5.92 Å². The largest absolute Gasteiger partial charge is 0.419 e. The molecule has 0 unspecified atom stereocenters. The van der Waals surface area contributed by atoms with Crippen LogP contribution in [0.4, 0.5) is 19.0 Å². The van der Waals surface area contributed by atoms with Gasteiger partial charge in [0.15, 0.2) is 0 Å². The first-order valence-corrected chi connectivity index (χ1v) is 7.37. The maximum atomic E-state index is 13.0. The highest BCUT2D eigenvalue weighted by Gasteiger charge is 2.36. The number of rotatable bonds is 4.